The van der Waals surface area contributed by atoms with Gasteiger partial charge in [-0.05, 0) is 23.9 Å². The van der Waals surface area contributed by atoms with E-state index in [1.54, 1.807) is 17.6 Å². The maximum Gasteiger partial charge on any atom is 0.303 e. The maximum atomic E-state index is 11.1. The summed E-state index contributed by atoms with van der Waals surface area (Å²) >= 11 is 1.44. The number of aromatic nitrogens is 1. The molecule has 1 aliphatic rings. The van der Waals surface area contributed by atoms with Crippen LogP contribution in [0.2, 0.25) is 0 Å². The topological polar surface area (TPSA) is 62.5 Å². The Balaban J connectivity index is 1.74. The van der Waals surface area contributed by atoms with E-state index in [4.69, 9.17) is 0 Å². The highest BCUT2D eigenvalue weighted by atomic mass is 32.1. The average Bonchev–Trinajstić information content (AvgIpc) is 2.87. The molecule has 110 valence electrons. The van der Waals surface area contributed by atoms with Gasteiger partial charge in [-0.15, -0.1) is 11.3 Å². The summed E-state index contributed by atoms with van der Waals surface area (Å²) in [4.78, 5) is 19.5. The van der Waals surface area contributed by atoms with Crippen molar-refractivity contribution >= 4 is 27.8 Å². The fraction of sp³-hybridized carbons (Fsp3) is 0.357. The van der Waals surface area contributed by atoms with E-state index in [1.807, 2.05) is 18.2 Å². The molecule has 0 unspecified atom stereocenters. The summed E-state index contributed by atoms with van der Waals surface area (Å²) in [5.74, 6) is 0.972. The second-order valence-corrected chi connectivity index (χ2v) is 5.78. The molecular weight excluding hydrogens is 288 g/mol. The number of anilines is 2. The van der Waals surface area contributed by atoms with E-state index in [0.717, 1.165) is 43.4 Å². The van der Waals surface area contributed by atoms with Gasteiger partial charge in [-0.3, -0.25) is 10.1 Å². The normalized spacial score (nSPS) is 15.8. The molecule has 0 atom stereocenters. The number of rotatable bonds is 3. The minimum atomic E-state index is -0.298. The molecule has 1 aliphatic heterocycles. The summed E-state index contributed by atoms with van der Waals surface area (Å²) in [5, 5.41) is 13.6. The first-order valence-electron chi connectivity index (χ1n) is 6.88. The monoisotopic (exact) mass is 304 g/mol. The molecule has 1 fully saturated rings. The number of hydrogen-bond acceptors (Lipinski definition) is 6. The first-order chi connectivity index (χ1) is 10.3. The van der Waals surface area contributed by atoms with Crippen LogP contribution in [0.3, 0.4) is 0 Å². The van der Waals surface area contributed by atoms with Gasteiger partial charge in [0.05, 0.1) is 4.92 Å². The molecule has 0 aromatic carbocycles. The third-order valence-electron chi connectivity index (χ3n) is 3.58. The highest BCUT2D eigenvalue weighted by Gasteiger charge is 2.23. The summed E-state index contributed by atoms with van der Waals surface area (Å²) in [6.45, 7) is 3.36. The van der Waals surface area contributed by atoms with Crippen LogP contribution in [-0.2, 0) is 0 Å². The van der Waals surface area contributed by atoms with E-state index in [-0.39, 0.29) is 10.6 Å². The summed E-state index contributed by atoms with van der Waals surface area (Å²) in [7, 11) is 0. The molecule has 1 saturated heterocycles. The van der Waals surface area contributed by atoms with Gasteiger partial charge in [-0.1, -0.05) is 6.07 Å². The molecule has 0 bridgehead atoms. The molecule has 0 N–H and O–H groups in total. The van der Waals surface area contributed by atoms with Gasteiger partial charge in [-0.25, -0.2) is 4.98 Å². The van der Waals surface area contributed by atoms with Crippen LogP contribution in [0.25, 0.3) is 0 Å². The van der Waals surface area contributed by atoms with Crippen molar-refractivity contribution in [1.82, 2.24) is 4.98 Å². The van der Waals surface area contributed by atoms with E-state index < -0.39 is 0 Å². The fourth-order valence-corrected chi connectivity index (χ4v) is 3.48. The molecule has 21 heavy (non-hydrogen) atoms. The van der Waals surface area contributed by atoms with Crippen LogP contribution in [0.4, 0.5) is 16.5 Å². The van der Waals surface area contributed by atoms with Gasteiger partial charge in [0.25, 0.3) is 0 Å². The van der Waals surface area contributed by atoms with Crippen LogP contribution >= 0.6 is 11.3 Å². The van der Waals surface area contributed by atoms with Crippen molar-refractivity contribution in [3.8, 4) is 0 Å². The number of nitro groups is 1. The second kappa shape index (κ2) is 6.09. The van der Waals surface area contributed by atoms with Crippen LogP contribution in [0.15, 0.2) is 35.8 Å². The Labute approximate surface area is 126 Å². The van der Waals surface area contributed by atoms with E-state index >= 15 is 0 Å². The lowest BCUT2D eigenvalue weighted by molar-refractivity contribution is -0.383. The SMILES string of the molecule is O=[N+]([O-])c1ccsc1N1CCCN(c2ccccn2)CC1. The number of nitrogens with zero attached hydrogens (tertiary/aromatic N) is 4. The van der Waals surface area contributed by atoms with E-state index in [2.05, 4.69) is 14.8 Å². The first kappa shape index (κ1) is 13.8. The van der Waals surface area contributed by atoms with Gasteiger partial charge < -0.3 is 9.80 Å². The van der Waals surface area contributed by atoms with Crippen LogP contribution in [0.1, 0.15) is 6.42 Å². The summed E-state index contributed by atoms with van der Waals surface area (Å²) in [6, 6.07) is 7.47. The number of hydrogen-bond donors (Lipinski definition) is 0. The highest BCUT2D eigenvalue weighted by molar-refractivity contribution is 7.14. The van der Waals surface area contributed by atoms with Crippen LogP contribution in [0.5, 0.6) is 0 Å². The lowest BCUT2D eigenvalue weighted by Gasteiger charge is -2.22. The maximum absolute atomic E-state index is 11.1. The Bertz CT molecular complexity index is 616. The van der Waals surface area contributed by atoms with E-state index in [9.17, 15) is 10.1 Å². The molecule has 2 aromatic heterocycles. The number of thiophene rings is 1. The van der Waals surface area contributed by atoms with Crippen molar-refractivity contribution in [2.24, 2.45) is 0 Å². The molecule has 7 heteroatoms. The van der Waals surface area contributed by atoms with Gasteiger partial charge in [0.1, 0.15) is 5.82 Å². The molecule has 3 heterocycles. The largest absolute Gasteiger partial charge is 0.356 e. The van der Waals surface area contributed by atoms with Crippen molar-refractivity contribution in [1.29, 1.82) is 0 Å². The fourth-order valence-electron chi connectivity index (χ4n) is 2.56. The zero-order valence-corrected chi connectivity index (χ0v) is 12.3. The minimum Gasteiger partial charge on any atom is -0.356 e. The summed E-state index contributed by atoms with van der Waals surface area (Å²) < 4.78 is 0. The Morgan fingerprint density at radius 3 is 2.71 bits per heavy atom. The smallest absolute Gasteiger partial charge is 0.303 e. The predicted octanol–water partition coefficient (Wildman–Crippen LogP) is 2.77. The van der Waals surface area contributed by atoms with E-state index in [0.29, 0.717) is 0 Å². The van der Waals surface area contributed by atoms with Gasteiger partial charge in [0, 0.05) is 38.4 Å². The Morgan fingerprint density at radius 2 is 1.95 bits per heavy atom. The van der Waals surface area contributed by atoms with Crippen LogP contribution < -0.4 is 9.80 Å². The van der Waals surface area contributed by atoms with Gasteiger partial charge in [0.2, 0.25) is 0 Å². The average molecular weight is 304 g/mol. The van der Waals surface area contributed by atoms with Crippen molar-refractivity contribution in [2.75, 3.05) is 36.0 Å². The molecule has 2 aromatic rings. The molecule has 0 amide bonds. The van der Waals surface area contributed by atoms with E-state index in [1.165, 1.54) is 11.3 Å². The molecular formula is C14H16N4O2S. The van der Waals surface area contributed by atoms with Gasteiger partial charge in [0.15, 0.2) is 5.00 Å². The Hall–Kier alpha value is -2.15. The Morgan fingerprint density at radius 1 is 1.14 bits per heavy atom. The summed E-state index contributed by atoms with van der Waals surface area (Å²) in [5.41, 5.74) is 0.214. The standard InChI is InChI=1S/C14H16N4O2S/c19-18(20)12-5-11-21-14(12)17-8-3-7-16(9-10-17)13-4-1-2-6-15-13/h1-2,4-6,11H,3,7-10H2. The first-order valence-corrected chi connectivity index (χ1v) is 7.76. The highest BCUT2D eigenvalue weighted by Crippen LogP contribution is 2.34. The van der Waals surface area contributed by atoms with Crippen molar-refractivity contribution in [3.63, 3.8) is 0 Å². The van der Waals surface area contributed by atoms with Crippen molar-refractivity contribution < 1.29 is 4.92 Å². The molecule has 0 saturated carbocycles. The quantitative estimate of drug-likeness (QED) is 0.644. The van der Waals surface area contributed by atoms with Crippen molar-refractivity contribution in [3.05, 3.63) is 46.0 Å². The predicted molar refractivity (Wildman–Crippen MR) is 84.3 cm³/mol. The molecule has 6 nitrogen and oxygen atoms in total. The molecule has 0 aliphatic carbocycles. The van der Waals surface area contributed by atoms with Crippen LogP contribution in [-0.4, -0.2) is 36.1 Å². The molecule has 0 spiro atoms. The number of pyridine rings is 1. The second-order valence-electron chi connectivity index (χ2n) is 4.88. The third kappa shape index (κ3) is 2.97. The minimum absolute atomic E-state index is 0.214. The zero-order valence-electron chi connectivity index (χ0n) is 11.5. The van der Waals surface area contributed by atoms with Crippen molar-refractivity contribution in [2.45, 2.75) is 6.42 Å². The third-order valence-corrected chi connectivity index (χ3v) is 4.54. The van der Waals surface area contributed by atoms with Gasteiger partial charge >= 0.3 is 5.69 Å². The van der Waals surface area contributed by atoms with Crippen LogP contribution in [0, 0.1) is 10.1 Å². The molecule has 3 rings (SSSR count). The molecule has 0 radical (unpaired) electrons. The summed E-state index contributed by atoms with van der Waals surface area (Å²) in [6.07, 6.45) is 2.76. The lowest BCUT2D eigenvalue weighted by Crippen LogP contribution is -2.30. The van der Waals surface area contributed by atoms with Gasteiger partial charge in [-0.2, -0.15) is 0 Å². The zero-order chi connectivity index (χ0) is 14.7. The Kier molecular flexibility index (Phi) is 4.01. The lowest BCUT2D eigenvalue weighted by atomic mass is 10.3.